The number of halogens is 1. The summed E-state index contributed by atoms with van der Waals surface area (Å²) in [5.41, 5.74) is 3.70. The predicted octanol–water partition coefficient (Wildman–Crippen LogP) is 4.41. The number of nitrogens with one attached hydrogen (secondary N) is 1. The van der Waals surface area contributed by atoms with E-state index in [0.717, 1.165) is 29.8 Å². The molecule has 4 nitrogen and oxygen atoms in total. The number of benzene rings is 2. The van der Waals surface area contributed by atoms with Crippen LogP contribution >= 0.6 is 0 Å². The molecule has 5 heteroatoms. The average Bonchev–Trinajstić information content (AvgIpc) is 2.66. The van der Waals surface area contributed by atoms with Crippen LogP contribution in [0.4, 0.5) is 10.1 Å². The number of anilines is 1. The van der Waals surface area contributed by atoms with E-state index in [4.69, 9.17) is 9.47 Å². The molecule has 2 aliphatic rings. The first-order valence-corrected chi connectivity index (χ1v) is 8.67. The largest absolute Gasteiger partial charge is 0.493 e. The van der Waals surface area contributed by atoms with Crippen LogP contribution in [0.15, 0.2) is 47.7 Å². The van der Waals surface area contributed by atoms with Crippen LogP contribution in [-0.4, -0.2) is 20.0 Å². The molecule has 134 valence electrons. The lowest BCUT2D eigenvalue weighted by Gasteiger charge is -2.34. The third kappa shape index (κ3) is 2.55. The summed E-state index contributed by atoms with van der Waals surface area (Å²) in [6.45, 7) is 0. The summed E-state index contributed by atoms with van der Waals surface area (Å²) in [4.78, 5) is 12.7. The van der Waals surface area contributed by atoms with Crippen LogP contribution in [0.2, 0.25) is 0 Å². The van der Waals surface area contributed by atoms with Crippen LogP contribution < -0.4 is 14.8 Å². The monoisotopic (exact) mass is 353 g/mol. The summed E-state index contributed by atoms with van der Waals surface area (Å²) < 4.78 is 25.5. The molecule has 4 rings (SSSR count). The molecule has 0 saturated heterocycles. The summed E-state index contributed by atoms with van der Waals surface area (Å²) in [7, 11) is 3.14. The van der Waals surface area contributed by atoms with E-state index in [1.807, 2.05) is 12.1 Å². The highest BCUT2D eigenvalue weighted by atomic mass is 19.1. The number of Topliss-reactive ketones (excluding diaryl/α,β-unsaturated/α-hetero) is 1. The molecular formula is C21H20FNO3. The summed E-state index contributed by atoms with van der Waals surface area (Å²) in [5, 5.41) is 3.38. The Morgan fingerprint density at radius 1 is 1.04 bits per heavy atom. The van der Waals surface area contributed by atoms with Gasteiger partial charge in [0.1, 0.15) is 5.82 Å². The SMILES string of the molecule is COc1cc2c(cc1OC)[C@@H](c1ccccc1F)C1=C(CCCC1=O)N2. The number of ketones is 1. The fraction of sp³-hybridized carbons (Fsp3) is 0.286. The Labute approximate surface area is 151 Å². The summed E-state index contributed by atoms with van der Waals surface area (Å²) in [5.74, 6) is 0.465. The topological polar surface area (TPSA) is 47.6 Å². The van der Waals surface area contributed by atoms with Crippen LogP contribution in [0.5, 0.6) is 11.5 Å². The average molecular weight is 353 g/mol. The smallest absolute Gasteiger partial charge is 0.162 e. The van der Waals surface area contributed by atoms with Gasteiger partial charge in [-0.25, -0.2) is 4.39 Å². The van der Waals surface area contributed by atoms with Crippen LogP contribution in [0.3, 0.4) is 0 Å². The number of hydrogen-bond donors (Lipinski definition) is 1. The zero-order valence-electron chi connectivity index (χ0n) is 14.8. The molecular weight excluding hydrogens is 333 g/mol. The van der Waals surface area contributed by atoms with E-state index in [2.05, 4.69) is 5.32 Å². The van der Waals surface area contributed by atoms with E-state index >= 15 is 0 Å². The molecule has 0 fully saturated rings. The standard InChI is InChI=1S/C21H20FNO3/c1-25-18-10-13-16(11-19(18)26-2)23-15-8-5-9-17(24)21(15)20(13)12-6-3-4-7-14(12)22/h3-4,6-7,10-11,20,23H,5,8-9H2,1-2H3/t20-/m1/s1. The van der Waals surface area contributed by atoms with Gasteiger partial charge in [-0.1, -0.05) is 18.2 Å². The van der Waals surface area contributed by atoms with Crippen molar-refractivity contribution in [3.8, 4) is 11.5 Å². The molecule has 1 aliphatic heterocycles. The van der Waals surface area contributed by atoms with Gasteiger partial charge in [0, 0.05) is 35.4 Å². The van der Waals surface area contributed by atoms with Gasteiger partial charge < -0.3 is 14.8 Å². The minimum absolute atomic E-state index is 0.0763. The zero-order valence-corrected chi connectivity index (χ0v) is 14.8. The fourth-order valence-corrected chi connectivity index (χ4v) is 3.92. The highest BCUT2D eigenvalue weighted by Gasteiger charge is 2.37. The Hall–Kier alpha value is -2.82. The molecule has 0 aromatic heterocycles. The third-order valence-electron chi connectivity index (χ3n) is 5.11. The van der Waals surface area contributed by atoms with Crippen LogP contribution in [0.1, 0.15) is 36.3 Å². The maximum Gasteiger partial charge on any atom is 0.162 e. The second-order valence-electron chi connectivity index (χ2n) is 6.54. The van der Waals surface area contributed by atoms with Gasteiger partial charge in [0.15, 0.2) is 17.3 Å². The minimum Gasteiger partial charge on any atom is -0.493 e. The van der Waals surface area contributed by atoms with Gasteiger partial charge in [0.2, 0.25) is 0 Å². The van der Waals surface area contributed by atoms with E-state index in [0.29, 0.717) is 29.1 Å². The first-order valence-electron chi connectivity index (χ1n) is 8.67. The number of fused-ring (bicyclic) bond motifs is 1. The van der Waals surface area contributed by atoms with Crippen molar-refractivity contribution in [1.29, 1.82) is 0 Å². The van der Waals surface area contributed by atoms with Gasteiger partial charge >= 0.3 is 0 Å². The first kappa shape index (κ1) is 16.6. The molecule has 1 atom stereocenters. The number of allylic oxidation sites excluding steroid dienone is 2. The molecule has 1 aliphatic carbocycles. The third-order valence-corrected chi connectivity index (χ3v) is 5.11. The molecule has 1 N–H and O–H groups in total. The lowest BCUT2D eigenvalue weighted by molar-refractivity contribution is -0.116. The van der Waals surface area contributed by atoms with Crippen molar-refractivity contribution in [2.45, 2.75) is 25.2 Å². The van der Waals surface area contributed by atoms with Gasteiger partial charge in [0.05, 0.1) is 14.2 Å². The highest BCUT2D eigenvalue weighted by Crippen LogP contribution is 2.48. The molecule has 0 spiro atoms. The minimum atomic E-state index is -0.449. The molecule has 2 aromatic rings. The lowest BCUT2D eigenvalue weighted by Crippen LogP contribution is -2.27. The van der Waals surface area contributed by atoms with Crippen molar-refractivity contribution in [2.75, 3.05) is 19.5 Å². The number of hydrogen-bond acceptors (Lipinski definition) is 4. The Morgan fingerprint density at radius 2 is 1.77 bits per heavy atom. The van der Waals surface area contributed by atoms with Crippen molar-refractivity contribution < 1.29 is 18.7 Å². The molecule has 0 unspecified atom stereocenters. The van der Waals surface area contributed by atoms with Gasteiger partial charge in [-0.3, -0.25) is 4.79 Å². The van der Waals surface area contributed by atoms with Gasteiger partial charge in [-0.2, -0.15) is 0 Å². The molecule has 26 heavy (non-hydrogen) atoms. The van der Waals surface area contributed by atoms with Gasteiger partial charge in [-0.15, -0.1) is 0 Å². The van der Waals surface area contributed by atoms with E-state index in [9.17, 15) is 9.18 Å². The predicted molar refractivity (Wildman–Crippen MR) is 97.3 cm³/mol. The van der Waals surface area contributed by atoms with Crippen molar-refractivity contribution in [3.63, 3.8) is 0 Å². The highest BCUT2D eigenvalue weighted by molar-refractivity contribution is 6.01. The molecule has 1 heterocycles. The van der Waals surface area contributed by atoms with Gasteiger partial charge in [0.25, 0.3) is 0 Å². The van der Waals surface area contributed by atoms with Crippen molar-refractivity contribution in [3.05, 3.63) is 64.6 Å². The van der Waals surface area contributed by atoms with E-state index in [1.165, 1.54) is 6.07 Å². The number of methoxy groups -OCH3 is 2. The quantitative estimate of drug-likeness (QED) is 0.888. The maximum absolute atomic E-state index is 14.7. The first-order chi connectivity index (χ1) is 12.6. The lowest BCUT2D eigenvalue weighted by atomic mass is 9.75. The van der Waals surface area contributed by atoms with Crippen LogP contribution in [-0.2, 0) is 4.79 Å². The Morgan fingerprint density at radius 3 is 2.50 bits per heavy atom. The van der Waals surface area contributed by atoms with Crippen molar-refractivity contribution in [2.24, 2.45) is 0 Å². The number of ether oxygens (including phenoxy) is 2. The van der Waals surface area contributed by atoms with Crippen LogP contribution in [0.25, 0.3) is 0 Å². The zero-order chi connectivity index (χ0) is 18.3. The molecule has 0 radical (unpaired) electrons. The van der Waals surface area contributed by atoms with E-state index < -0.39 is 5.92 Å². The van der Waals surface area contributed by atoms with E-state index in [-0.39, 0.29) is 11.6 Å². The maximum atomic E-state index is 14.7. The normalized spacial score (nSPS) is 18.7. The fourth-order valence-electron chi connectivity index (χ4n) is 3.92. The summed E-state index contributed by atoms with van der Waals surface area (Å²) in [6, 6.07) is 10.3. The number of rotatable bonds is 3. The second-order valence-corrected chi connectivity index (χ2v) is 6.54. The van der Waals surface area contributed by atoms with Crippen molar-refractivity contribution >= 4 is 11.5 Å². The summed E-state index contributed by atoms with van der Waals surface area (Å²) in [6.07, 6.45) is 2.07. The number of carbonyl (C=O) groups is 1. The molecule has 0 bridgehead atoms. The van der Waals surface area contributed by atoms with Crippen molar-refractivity contribution in [1.82, 2.24) is 0 Å². The van der Waals surface area contributed by atoms with Gasteiger partial charge in [-0.05, 0) is 36.1 Å². The second kappa shape index (κ2) is 6.48. The Bertz CT molecular complexity index is 919. The van der Waals surface area contributed by atoms with E-state index in [1.54, 1.807) is 32.4 Å². The Balaban J connectivity index is 1.98. The number of carbonyl (C=O) groups excluding carboxylic acids is 1. The molecule has 0 saturated carbocycles. The molecule has 2 aromatic carbocycles. The Kier molecular flexibility index (Phi) is 4.15. The molecule has 0 amide bonds. The summed E-state index contributed by atoms with van der Waals surface area (Å²) >= 11 is 0. The van der Waals surface area contributed by atoms with Crippen LogP contribution in [0, 0.1) is 5.82 Å².